The van der Waals surface area contributed by atoms with Crippen molar-refractivity contribution >= 4 is 28.5 Å². The first kappa shape index (κ1) is 21.5. The van der Waals surface area contributed by atoms with Crippen molar-refractivity contribution in [2.75, 3.05) is 37.7 Å². The number of anilines is 1. The minimum Gasteiger partial charge on any atom is -0.434 e. The highest BCUT2D eigenvalue weighted by Gasteiger charge is 2.26. The Balaban J connectivity index is 1.30. The number of aromatic nitrogens is 2. The van der Waals surface area contributed by atoms with Crippen molar-refractivity contribution in [3.8, 4) is 5.75 Å². The van der Waals surface area contributed by atoms with E-state index in [0.29, 0.717) is 30.3 Å². The van der Waals surface area contributed by atoms with Gasteiger partial charge in [0.2, 0.25) is 5.13 Å². The Hall–Kier alpha value is -2.68. The molecule has 9 heteroatoms. The molecule has 1 aliphatic heterocycles. The van der Waals surface area contributed by atoms with Crippen molar-refractivity contribution in [1.29, 1.82) is 0 Å². The SMILES string of the molecule is CCOC(=O)Oc1ccc(C(=O)N2CCN(c3nnc(C4CCCCC4)s3)CC2)cc1. The molecule has 1 aliphatic carbocycles. The summed E-state index contributed by atoms with van der Waals surface area (Å²) in [6, 6.07) is 6.55. The molecule has 31 heavy (non-hydrogen) atoms. The summed E-state index contributed by atoms with van der Waals surface area (Å²) in [5.74, 6) is 0.894. The van der Waals surface area contributed by atoms with E-state index in [1.807, 2.05) is 4.90 Å². The summed E-state index contributed by atoms with van der Waals surface area (Å²) in [6.45, 7) is 4.73. The van der Waals surface area contributed by atoms with Crippen LogP contribution >= 0.6 is 11.3 Å². The number of amides is 1. The van der Waals surface area contributed by atoms with Crippen LogP contribution in [-0.2, 0) is 4.74 Å². The third-order valence-electron chi connectivity index (χ3n) is 5.79. The summed E-state index contributed by atoms with van der Waals surface area (Å²) in [4.78, 5) is 28.3. The number of benzene rings is 1. The third kappa shape index (κ3) is 5.33. The molecule has 0 radical (unpaired) electrons. The number of piperazine rings is 1. The Bertz CT molecular complexity index is 887. The molecule has 1 saturated carbocycles. The highest BCUT2D eigenvalue weighted by Crippen LogP contribution is 2.36. The predicted octanol–water partition coefficient (Wildman–Crippen LogP) is 4.08. The van der Waals surface area contributed by atoms with Gasteiger partial charge in [0.15, 0.2) is 0 Å². The maximum Gasteiger partial charge on any atom is 0.513 e. The van der Waals surface area contributed by atoms with Gasteiger partial charge >= 0.3 is 6.16 Å². The first-order valence-corrected chi connectivity index (χ1v) is 11.8. The highest BCUT2D eigenvalue weighted by atomic mass is 32.1. The molecule has 1 saturated heterocycles. The van der Waals surface area contributed by atoms with Gasteiger partial charge in [-0.2, -0.15) is 0 Å². The van der Waals surface area contributed by atoms with Crippen molar-refractivity contribution in [2.24, 2.45) is 0 Å². The predicted molar refractivity (Wildman–Crippen MR) is 118 cm³/mol. The first-order valence-electron chi connectivity index (χ1n) is 11.0. The molecule has 1 amide bonds. The molecule has 0 unspecified atom stereocenters. The van der Waals surface area contributed by atoms with Crippen LogP contribution in [0.3, 0.4) is 0 Å². The van der Waals surface area contributed by atoms with E-state index in [9.17, 15) is 9.59 Å². The molecule has 0 spiro atoms. The van der Waals surface area contributed by atoms with Gasteiger partial charge in [0.25, 0.3) is 5.91 Å². The highest BCUT2D eigenvalue weighted by molar-refractivity contribution is 7.15. The maximum atomic E-state index is 12.8. The van der Waals surface area contributed by atoms with Crippen molar-refractivity contribution in [3.63, 3.8) is 0 Å². The smallest absolute Gasteiger partial charge is 0.434 e. The van der Waals surface area contributed by atoms with Crippen molar-refractivity contribution in [1.82, 2.24) is 15.1 Å². The molecule has 4 rings (SSSR count). The minimum atomic E-state index is -0.749. The van der Waals surface area contributed by atoms with Gasteiger partial charge in [-0.05, 0) is 44.0 Å². The van der Waals surface area contributed by atoms with E-state index in [4.69, 9.17) is 9.47 Å². The second kappa shape index (κ2) is 10.1. The number of hydrogen-bond donors (Lipinski definition) is 0. The molecule has 2 fully saturated rings. The fraction of sp³-hybridized carbons (Fsp3) is 0.545. The van der Waals surface area contributed by atoms with Gasteiger partial charge in [-0.3, -0.25) is 4.79 Å². The lowest BCUT2D eigenvalue weighted by molar-refractivity contribution is 0.0746. The molecule has 2 aliphatic rings. The standard InChI is InChI=1S/C22H28N4O4S/c1-2-29-22(28)30-18-10-8-17(9-11-18)20(27)25-12-14-26(15-13-25)21-24-23-19(31-21)16-6-4-3-5-7-16/h8-11,16H,2-7,12-15H2,1H3. The average Bonchev–Trinajstić information content (AvgIpc) is 3.30. The molecule has 8 nitrogen and oxygen atoms in total. The molecule has 0 atom stereocenters. The number of carbonyl (C=O) groups is 2. The Kier molecular flexibility index (Phi) is 7.01. The monoisotopic (exact) mass is 444 g/mol. The van der Waals surface area contributed by atoms with Gasteiger partial charge in [0.05, 0.1) is 6.61 Å². The van der Waals surface area contributed by atoms with Crippen LogP contribution in [-0.4, -0.2) is 59.9 Å². The van der Waals surface area contributed by atoms with Crippen molar-refractivity contribution < 1.29 is 19.1 Å². The Morgan fingerprint density at radius 1 is 1.03 bits per heavy atom. The van der Waals surface area contributed by atoms with E-state index in [-0.39, 0.29) is 12.5 Å². The zero-order chi connectivity index (χ0) is 21.6. The van der Waals surface area contributed by atoms with Crippen LogP contribution in [0.25, 0.3) is 0 Å². The zero-order valence-corrected chi connectivity index (χ0v) is 18.6. The van der Waals surface area contributed by atoms with E-state index in [0.717, 1.165) is 18.2 Å². The van der Waals surface area contributed by atoms with Gasteiger partial charge in [0.1, 0.15) is 10.8 Å². The van der Waals surface area contributed by atoms with E-state index < -0.39 is 6.16 Å². The molecule has 0 N–H and O–H groups in total. The topological polar surface area (TPSA) is 84.9 Å². The Morgan fingerprint density at radius 3 is 2.42 bits per heavy atom. The fourth-order valence-corrected chi connectivity index (χ4v) is 5.13. The molecule has 1 aromatic carbocycles. The summed E-state index contributed by atoms with van der Waals surface area (Å²) >= 11 is 1.71. The summed E-state index contributed by atoms with van der Waals surface area (Å²) < 4.78 is 9.79. The van der Waals surface area contributed by atoms with Gasteiger partial charge < -0.3 is 19.3 Å². The third-order valence-corrected chi connectivity index (χ3v) is 6.93. The summed E-state index contributed by atoms with van der Waals surface area (Å²) in [5, 5.41) is 11.0. The Labute approximate surface area is 186 Å². The molecular formula is C22H28N4O4S. The quantitative estimate of drug-likeness (QED) is 0.507. The van der Waals surface area contributed by atoms with Crippen LogP contribution in [0.15, 0.2) is 24.3 Å². The van der Waals surface area contributed by atoms with Crippen LogP contribution < -0.4 is 9.64 Å². The second-order valence-electron chi connectivity index (χ2n) is 7.85. The van der Waals surface area contributed by atoms with Crippen LogP contribution in [0.4, 0.5) is 9.93 Å². The van der Waals surface area contributed by atoms with Crippen LogP contribution in [0.2, 0.25) is 0 Å². The number of ether oxygens (including phenoxy) is 2. The molecule has 0 bridgehead atoms. The van der Waals surface area contributed by atoms with E-state index in [2.05, 4.69) is 15.1 Å². The summed E-state index contributed by atoms with van der Waals surface area (Å²) in [5.41, 5.74) is 0.570. The van der Waals surface area contributed by atoms with Gasteiger partial charge in [-0.25, -0.2) is 4.79 Å². The van der Waals surface area contributed by atoms with Crippen LogP contribution in [0.5, 0.6) is 5.75 Å². The van der Waals surface area contributed by atoms with Crippen LogP contribution in [0.1, 0.15) is 60.3 Å². The van der Waals surface area contributed by atoms with Gasteiger partial charge in [-0.15, -0.1) is 10.2 Å². The van der Waals surface area contributed by atoms with Crippen LogP contribution in [0, 0.1) is 0 Å². The van der Waals surface area contributed by atoms with Crippen molar-refractivity contribution in [2.45, 2.75) is 44.9 Å². The molecule has 1 aromatic heterocycles. The minimum absolute atomic E-state index is 0.0255. The molecular weight excluding hydrogens is 416 g/mol. The number of rotatable bonds is 5. The van der Waals surface area contributed by atoms with E-state index in [1.165, 1.54) is 37.1 Å². The average molecular weight is 445 g/mol. The Morgan fingerprint density at radius 2 is 1.74 bits per heavy atom. The molecule has 2 heterocycles. The summed E-state index contributed by atoms with van der Waals surface area (Å²) in [6.07, 6.45) is 5.61. The lowest BCUT2D eigenvalue weighted by atomic mass is 9.90. The lowest BCUT2D eigenvalue weighted by Crippen LogP contribution is -2.48. The summed E-state index contributed by atoms with van der Waals surface area (Å²) in [7, 11) is 0. The number of carbonyl (C=O) groups excluding carboxylic acids is 2. The second-order valence-corrected chi connectivity index (χ2v) is 8.83. The van der Waals surface area contributed by atoms with E-state index >= 15 is 0 Å². The lowest BCUT2D eigenvalue weighted by Gasteiger charge is -2.34. The largest absolute Gasteiger partial charge is 0.513 e. The molecule has 166 valence electrons. The maximum absolute atomic E-state index is 12.8. The van der Waals surface area contributed by atoms with Crippen molar-refractivity contribution in [3.05, 3.63) is 34.8 Å². The van der Waals surface area contributed by atoms with Gasteiger partial charge in [-0.1, -0.05) is 30.6 Å². The molecule has 2 aromatic rings. The fourth-order valence-electron chi connectivity index (χ4n) is 4.06. The first-order chi connectivity index (χ1) is 15.1. The zero-order valence-electron chi connectivity index (χ0n) is 17.8. The number of hydrogen-bond acceptors (Lipinski definition) is 8. The van der Waals surface area contributed by atoms with E-state index in [1.54, 1.807) is 42.5 Å². The van der Waals surface area contributed by atoms with Gasteiger partial charge in [0, 0.05) is 37.7 Å². The normalized spacial score (nSPS) is 17.5. The number of nitrogens with zero attached hydrogens (tertiary/aromatic N) is 4.